The molecule has 0 radical (unpaired) electrons. The van der Waals surface area contributed by atoms with Gasteiger partial charge in [0.1, 0.15) is 5.82 Å². The van der Waals surface area contributed by atoms with Crippen LogP contribution in [0.25, 0.3) is 0 Å². The lowest BCUT2D eigenvalue weighted by atomic mass is 10.2. The van der Waals surface area contributed by atoms with Crippen LogP contribution in [0.3, 0.4) is 0 Å². The van der Waals surface area contributed by atoms with Crippen LogP contribution in [0.15, 0.2) is 16.6 Å². The summed E-state index contributed by atoms with van der Waals surface area (Å²) in [6, 6.07) is 3.21. The van der Waals surface area contributed by atoms with E-state index >= 15 is 0 Å². The lowest BCUT2D eigenvalue weighted by Gasteiger charge is -2.11. The van der Waals surface area contributed by atoms with Crippen molar-refractivity contribution in [2.75, 3.05) is 5.32 Å². The van der Waals surface area contributed by atoms with Gasteiger partial charge in [-0.1, -0.05) is 11.6 Å². The number of hydrogen-bond acceptors (Lipinski definition) is 2. The molecule has 0 amide bonds. The van der Waals surface area contributed by atoms with Gasteiger partial charge >= 0.3 is 0 Å². The number of rotatable bonds is 3. The normalized spacial score (nSPS) is 10.8. The molecule has 0 unspecified atom stereocenters. The quantitative estimate of drug-likeness (QED) is 0.902. The van der Waals surface area contributed by atoms with E-state index in [9.17, 15) is 4.39 Å². The summed E-state index contributed by atoms with van der Waals surface area (Å²) in [5.41, 5.74) is 3.38. The van der Waals surface area contributed by atoms with Crippen LogP contribution in [0.2, 0.25) is 5.02 Å². The molecule has 1 N–H and O–H groups in total. The third-order valence-corrected chi connectivity index (χ3v) is 4.07. The average Bonchev–Trinajstić information content (AvgIpc) is 2.57. The highest BCUT2D eigenvalue weighted by Crippen LogP contribution is 2.25. The van der Waals surface area contributed by atoms with E-state index in [2.05, 4.69) is 26.3 Å². The van der Waals surface area contributed by atoms with Crippen LogP contribution in [-0.2, 0) is 13.6 Å². The van der Waals surface area contributed by atoms with Crippen molar-refractivity contribution >= 4 is 33.2 Å². The summed E-state index contributed by atoms with van der Waals surface area (Å²) >= 11 is 9.34. The van der Waals surface area contributed by atoms with E-state index in [0.29, 0.717) is 16.0 Å². The smallest absolute Gasteiger partial charge is 0.139 e. The monoisotopic (exact) mass is 345 g/mol. The van der Waals surface area contributed by atoms with Crippen molar-refractivity contribution < 1.29 is 4.39 Å². The number of benzene rings is 1. The van der Waals surface area contributed by atoms with E-state index in [1.807, 2.05) is 20.9 Å². The van der Waals surface area contributed by atoms with Crippen molar-refractivity contribution in [1.82, 2.24) is 9.78 Å². The van der Waals surface area contributed by atoms with Gasteiger partial charge in [-0.2, -0.15) is 5.10 Å². The molecule has 1 aromatic carbocycles. The minimum atomic E-state index is -0.291. The van der Waals surface area contributed by atoms with Gasteiger partial charge in [0, 0.05) is 12.7 Å². The van der Waals surface area contributed by atoms with Crippen molar-refractivity contribution in [1.29, 1.82) is 0 Å². The highest BCUT2D eigenvalue weighted by Gasteiger charge is 2.11. The number of halogens is 3. The molecule has 0 saturated carbocycles. The third-order valence-electron chi connectivity index (χ3n) is 2.98. The van der Waals surface area contributed by atoms with E-state index < -0.39 is 0 Å². The first-order valence-electron chi connectivity index (χ1n) is 5.77. The third kappa shape index (κ3) is 2.92. The van der Waals surface area contributed by atoms with Crippen molar-refractivity contribution in [3.63, 3.8) is 0 Å². The highest BCUT2D eigenvalue weighted by atomic mass is 79.9. The summed E-state index contributed by atoms with van der Waals surface area (Å²) in [5.74, 6) is -0.291. The molecular formula is C13H14BrClFN3. The maximum atomic E-state index is 13.5. The summed E-state index contributed by atoms with van der Waals surface area (Å²) in [6.07, 6.45) is 0. The molecule has 0 spiro atoms. The molecule has 2 rings (SSSR count). The molecule has 0 aliphatic carbocycles. The van der Waals surface area contributed by atoms with Crippen LogP contribution in [0.5, 0.6) is 0 Å². The van der Waals surface area contributed by atoms with Gasteiger partial charge in [0.2, 0.25) is 0 Å². The van der Waals surface area contributed by atoms with Gasteiger partial charge in [0.05, 0.1) is 27.4 Å². The Morgan fingerprint density at radius 2 is 2.11 bits per heavy atom. The zero-order valence-corrected chi connectivity index (χ0v) is 13.2. The minimum absolute atomic E-state index is 0.291. The zero-order valence-electron chi connectivity index (χ0n) is 10.9. The number of aryl methyl sites for hydroxylation is 3. The van der Waals surface area contributed by atoms with Crippen LogP contribution in [-0.4, -0.2) is 9.78 Å². The number of aromatic nitrogens is 2. The van der Waals surface area contributed by atoms with Crippen LogP contribution in [0.1, 0.15) is 17.0 Å². The highest BCUT2D eigenvalue weighted by molar-refractivity contribution is 9.10. The molecule has 6 heteroatoms. The van der Waals surface area contributed by atoms with Gasteiger partial charge in [-0.15, -0.1) is 0 Å². The van der Waals surface area contributed by atoms with E-state index in [0.717, 1.165) is 22.6 Å². The second kappa shape index (κ2) is 5.51. The number of nitrogens with zero attached hydrogens (tertiary/aromatic N) is 2. The first-order valence-corrected chi connectivity index (χ1v) is 6.94. The summed E-state index contributed by atoms with van der Waals surface area (Å²) in [5, 5.41) is 8.07. The van der Waals surface area contributed by atoms with Gasteiger partial charge in [0.15, 0.2) is 0 Å². The van der Waals surface area contributed by atoms with Gasteiger partial charge in [0.25, 0.3) is 0 Å². The van der Waals surface area contributed by atoms with Crippen molar-refractivity contribution in [2.24, 2.45) is 7.05 Å². The number of anilines is 1. The maximum absolute atomic E-state index is 13.5. The topological polar surface area (TPSA) is 29.9 Å². The fraction of sp³-hybridized carbons (Fsp3) is 0.308. The summed E-state index contributed by atoms with van der Waals surface area (Å²) in [4.78, 5) is 0. The molecule has 0 fully saturated rings. The van der Waals surface area contributed by atoms with Crippen molar-refractivity contribution in [3.8, 4) is 0 Å². The summed E-state index contributed by atoms with van der Waals surface area (Å²) in [6.45, 7) is 4.27. The molecule has 0 atom stereocenters. The molecule has 2 aromatic rings. The predicted octanol–water partition coefficient (Wildman–Crippen LogP) is 4.20. The molecule has 1 aromatic heterocycles. The Balaban J connectivity index is 2.21. The number of nitrogens with one attached hydrogen (secondary N) is 1. The zero-order chi connectivity index (χ0) is 14.2. The fourth-order valence-corrected chi connectivity index (χ4v) is 2.57. The van der Waals surface area contributed by atoms with E-state index in [-0.39, 0.29) is 5.82 Å². The molecule has 3 nitrogen and oxygen atoms in total. The molecule has 1 heterocycles. The lowest BCUT2D eigenvalue weighted by molar-refractivity contribution is 0.621. The van der Waals surface area contributed by atoms with E-state index in [1.165, 1.54) is 6.07 Å². The van der Waals surface area contributed by atoms with Crippen molar-refractivity contribution in [2.45, 2.75) is 20.4 Å². The molecule has 0 aliphatic heterocycles. The minimum Gasteiger partial charge on any atom is -0.379 e. The molecule has 0 bridgehead atoms. The Bertz CT molecular complexity index is 625. The molecule has 102 valence electrons. The first-order chi connectivity index (χ1) is 8.90. The van der Waals surface area contributed by atoms with Crippen LogP contribution in [0, 0.1) is 19.7 Å². The Labute approximate surface area is 124 Å². The molecule has 19 heavy (non-hydrogen) atoms. The standard InChI is InChI=1S/C13H14BrClFN3/c1-7-4-9(14)10(16)5-11(7)17-6-12-13(15)8(2)18-19(12)3/h4-5,17H,6H2,1-3H3. The second-order valence-electron chi connectivity index (χ2n) is 4.40. The van der Waals surface area contributed by atoms with Gasteiger partial charge in [-0.3, -0.25) is 4.68 Å². The Morgan fingerprint density at radius 1 is 1.42 bits per heavy atom. The lowest BCUT2D eigenvalue weighted by Crippen LogP contribution is -2.07. The molecule has 0 aliphatic rings. The Morgan fingerprint density at radius 3 is 2.68 bits per heavy atom. The van der Waals surface area contributed by atoms with Gasteiger partial charge < -0.3 is 5.32 Å². The van der Waals surface area contributed by atoms with Gasteiger partial charge in [-0.25, -0.2) is 4.39 Å². The van der Waals surface area contributed by atoms with Crippen molar-refractivity contribution in [3.05, 3.63) is 44.4 Å². The first kappa shape index (κ1) is 14.3. The van der Waals surface area contributed by atoms with Crippen LogP contribution >= 0.6 is 27.5 Å². The predicted molar refractivity (Wildman–Crippen MR) is 79.1 cm³/mol. The molecular weight excluding hydrogens is 333 g/mol. The second-order valence-corrected chi connectivity index (χ2v) is 5.64. The summed E-state index contributed by atoms with van der Waals surface area (Å²) < 4.78 is 15.7. The fourth-order valence-electron chi connectivity index (χ4n) is 1.89. The van der Waals surface area contributed by atoms with Crippen LogP contribution < -0.4 is 5.32 Å². The SMILES string of the molecule is Cc1cc(Br)c(F)cc1NCc1c(Cl)c(C)nn1C. The average molecular weight is 347 g/mol. The maximum Gasteiger partial charge on any atom is 0.139 e. The van der Waals surface area contributed by atoms with E-state index in [4.69, 9.17) is 11.6 Å². The van der Waals surface area contributed by atoms with Gasteiger partial charge in [-0.05, 0) is 47.5 Å². The Kier molecular flexibility index (Phi) is 4.16. The number of hydrogen-bond donors (Lipinski definition) is 1. The Hall–Kier alpha value is -1.07. The van der Waals surface area contributed by atoms with Crippen LogP contribution in [0.4, 0.5) is 10.1 Å². The largest absolute Gasteiger partial charge is 0.379 e. The summed E-state index contributed by atoms with van der Waals surface area (Å²) in [7, 11) is 1.84. The van der Waals surface area contributed by atoms with E-state index in [1.54, 1.807) is 10.7 Å². The molecule has 0 saturated heterocycles.